The number of halogens is 1. The van der Waals surface area contributed by atoms with E-state index in [1.54, 1.807) is 12.1 Å². The zero-order valence-corrected chi connectivity index (χ0v) is 7.83. The summed E-state index contributed by atoms with van der Waals surface area (Å²) in [6, 6.07) is 3.18. The second kappa shape index (κ2) is 2.88. The third-order valence-corrected chi connectivity index (χ3v) is 1.97. The number of amides is 2. The van der Waals surface area contributed by atoms with Gasteiger partial charge < -0.3 is 9.15 Å². The fraction of sp³-hybridized carbons (Fsp3) is 0.143. The zero-order valence-electron chi connectivity index (χ0n) is 6.24. The van der Waals surface area contributed by atoms with Crippen LogP contribution in [0.25, 0.3) is 0 Å². The Morgan fingerprint density at radius 3 is 2.62 bits per heavy atom. The lowest BCUT2D eigenvalue weighted by atomic mass is 10.3. The summed E-state index contributed by atoms with van der Waals surface area (Å²) in [5.74, 6) is -0.206. The van der Waals surface area contributed by atoms with Crippen LogP contribution in [0, 0.1) is 0 Å². The number of imide groups is 1. The molecule has 0 aliphatic carbocycles. The maximum absolute atomic E-state index is 11.1. The smallest absolute Gasteiger partial charge is 0.415 e. The molecule has 5 nitrogen and oxygen atoms in total. The van der Waals surface area contributed by atoms with Gasteiger partial charge in [0.15, 0.2) is 10.4 Å². The average Bonchev–Trinajstić information content (AvgIpc) is 2.58. The molecule has 0 bridgehead atoms. The molecule has 1 unspecified atom stereocenters. The van der Waals surface area contributed by atoms with E-state index in [2.05, 4.69) is 20.7 Å². The Morgan fingerprint density at radius 2 is 2.15 bits per heavy atom. The maximum atomic E-state index is 11.1. The second-order valence-electron chi connectivity index (χ2n) is 2.42. The van der Waals surface area contributed by atoms with Gasteiger partial charge in [-0.1, -0.05) is 0 Å². The molecule has 0 radical (unpaired) electrons. The number of furan rings is 1. The molecular weight excluding hydrogens is 242 g/mol. The summed E-state index contributed by atoms with van der Waals surface area (Å²) >= 11 is 3.08. The number of ether oxygens (including phenoxy) is 1. The largest absolute Gasteiger partial charge is 0.450 e. The fourth-order valence-electron chi connectivity index (χ4n) is 1.01. The molecule has 0 saturated carbocycles. The van der Waals surface area contributed by atoms with E-state index in [4.69, 9.17) is 4.42 Å². The molecule has 1 N–H and O–H groups in total. The maximum Gasteiger partial charge on any atom is 0.415 e. The molecule has 1 fully saturated rings. The molecule has 1 atom stereocenters. The highest BCUT2D eigenvalue weighted by Crippen LogP contribution is 2.25. The van der Waals surface area contributed by atoms with Crippen molar-refractivity contribution in [3.05, 3.63) is 22.6 Å². The zero-order chi connectivity index (χ0) is 9.42. The van der Waals surface area contributed by atoms with Gasteiger partial charge >= 0.3 is 6.09 Å². The van der Waals surface area contributed by atoms with Crippen LogP contribution in [0.3, 0.4) is 0 Å². The molecule has 1 aromatic rings. The van der Waals surface area contributed by atoms with Gasteiger partial charge in [-0.3, -0.25) is 10.1 Å². The number of carbonyl (C=O) groups excluding carboxylic acids is 2. The van der Waals surface area contributed by atoms with Crippen molar-refractivity contribution in [2.75, 3.05) is 0 Å². The summed E-state index contributed by atoms with van der Waals surface area (Å²) in [6.45, 7) is 0. The molecule has 0 spiro atoms. The van der Waals surface area contributed by atoms with Crippen molar-refractivity contribution in [3.63, 3.8) is 0 Å². The summed E-state index contributed by atoms with van der Waals surface area (Å²) in [5, 5.41) is 2.00. The van der Waals surface area contributed by atoms with E-state index in [9.17, 15) is 9.59 Å². The van der Waals surface area contributed by atoms with E-state index in [0.29, 0.717) is 10.4 Å². The first-order valence-electron chi connectivity index (χ1n) is 3.43. The topological polar surface area (TPSA) is 68.5 Å². The van der Waals surface area contributed by atoms with Crippen LogP contribution >= 0.6 is 15.9 Å². The third-order valence-electron chi connectivity index (χ3n) is 1.54. The lowest BCUT2D eigenvalue weighted by Crippen LogP contribution is -2.20. The Hall–Kier alpha value is -1.30. The quantitative estimate of drug-likeness (QED) is 0.811. The lowest BCUT2D eigenvalue weighted by molar-refractivity contribution is -0.124. The van der Waals surface area contributed by atoms with E-state index in [-0.39, 0.29) is 0 Å². The normalized spacial score (nSPS) is 21.5. The highest BCUT2D eigenvalue weighted by Gasteiger charge is 2.35. The van der Waals surface area contributed by atoms with Crippen molar-refractivity contribution in [1.29, 1.82) is 0 Å². The molecule has 2 rings (SSSR count). The Bertz CT molecular complexity index is 372. The Labute approximate surface area is 81.2 Å². The van der Waals surface area contributed by atoms with E-state index < -0.39 is 18.1 Å². The molecule has 1 aliphatic heterocycles. The van der Waals surface area contributed by atoms with Gasteiger partial charge in [0.2, 0.25) is 6.10 Å². The summed E-state index contributed by atoms with van der Waals surface area (Å²) in [4.78, 5) is 21.7. The molecule has 13 heavy (non-hydrogen) atoms. The lowest BCUT2D eigenvalue weighted by Gasteiger charge is -2.00. The van der Waals surface area contributed by atoms with Gasteiger partial charge in [-0.25, -0.2) is 4.79 Å². The van der Waals surface area contributed by atoms with Crippen LogP contribution in [0.4, 0.5) is 4.79 Å². The summed E-state index contributed by atoms with van der Waals surface area (Å²) in [6.07, 6.45) is -1.71. The SMILES string of the molecule is O=C1NC(=O)C(c2ccc(Br)o2)O1. The highest BCUT2D eigenvalue weighted by molar-refractivity contribution is 9.10. The van der Waals surface area contributed by atoms with Crippen LogP contribution in [0.5, 0.6) is 0 Å². The van der Waals surface area contributed by atoms with Gasteiger partial charge in [-0.15, -0.1) is 0 Å². The van der Waals surface area contributed by atoms with Crippen molar-refractivity contribution >= 4 is 27.9 Å². The van der Waals surface area contributed by atoms with E-state index in [0.717, 1.165) is 0 Å². The Kier molecular flexibility index (Phi) is 1.84. The first kappa shape index (κ1) is 8.31. The van der Waals surface area contributed by atoms with Crippen LogP contribution in [-0.4, -0.2) is 12.0 Å². The Morgan fingerprint density at radius 1 is 1.38 bits per heavy atom. The first-order valence-corrected chi connectivity index (χ1v) is 4.23. The van der Waals surface area contributed by atoms with E-state index in [1.165, 1.54) is 0 Å². The molecule has 0 aromatic carbocycles. The number of carbonyl (C=O) groups is 2. The molecule has 1 saturated heterocycles. The monoisotopic (exact) mass is 245 g/mol. The van der Waals surface area contributed by atoms with Crippen LogP contribution in [0.2, 0.25) is 0 Å². The van der Waals surface area contributed by atoms with E-state index in [1.807, 2.05) is 5.32 Å². The average molecular weight is 246 g/mol. The molecule has 6 heteroatoms. The molecule has 2 heterocycles. The number of hydrogen-bond donors (Lipinski definition) is 1. The first-order chi connectivity index (χ1) is 6.16. The number of nitrogens with one attached hydrogen (secondary N) is 1. The minimum atomic E-state index is -0.959. The summed E-state index contributed by atoms with van der Waals surface area (Å²) in [7, 11) is 0. The molecule has 1 aromatic heterocycles. The minimum Gasteiger partial charge on any atom is -0.450 e. The second-order valence-corrected chi connectivity index (χ2v) is 3.20. The number of alkyl carbamates (subject to hydrolysis) is 1. The van der Waals surface area contributed by atoms with Crippen LogP contribution in [-0.2, 0) is 9.53 Å². The predicted octanol–water partition coefficient (Wildman–Crippen LogP) is 1.35. The highest BCUT2D eigenvalue weighted by atomic mass is 79.9. The summed E-state index contributed by atoms with van der Waals surface area (Å²) in [5.41, 5.74) is 0. The summed E-state index contributed by atoms with van der Waals surface area (Å²) < 4.78 is 10.2. The molecular formula is C7H4BrNO4. The van der Waals surface area contributed by atoms with Gasteiger partial charge in [-0.05, 0) is 28.1 Å². The van der Waals surface area contributed by atoms with Crippen molar-refractivity contribution in [1.82, 2.24) is 5.32 Å². The van der Waals surface area contributed by atoms with Crippen molar-refractivity contribution in [3.8, 4) is 0 Å². The fourth-order valence-corrected chi connectivity index (χ4v) is 1.33. The minimum absolute atomic E-state index is 0.301. The third kappa shape index (κ3) is 1.44. The molecule has 1 aliphatic rings. The van der Waals surface area contributed by atoms with Gasteiger partial charge in [0, 0.05) is 0 Å². The molecule has 2 amide bonds. The van der Waals surface area contributed by atoms with Gasteiger partial charge in [0.05, 0.1) is 0 Å². The number of hydrogen-bond acceptors (Lipinski definition) is 4. The number of cyclic esters (lactones) is 1. The van der Waals surface area contributed by atoms with Crippen molar-refractivity contribution in [2.24, 2.45) is 0 Å². The van der Waals surface area contributed by atoms with Crippen molar-refractivity contribution < 1.29 is 18.7 Å². The number of rotatable bonds is 1. The Balaban J connectivity index is 2.27. The predicted molar refractivity (Wildman–Crippen MR) is 43.8 cm³/mol. The van der Waals surface area contributed by atoms with Crippen LogP contribution < -0.4 is 5.32 Å². The van der Waals surface area contributed by atoms with Crippen LogP contribution in [0.15, 0.2) is 21.2 Å². The van der Waals surface area contributed by atoms with Gasteiger partial charge in [-0.2, -0.15) is 0 Å². The van der Waals surface area contributed by atoms with E-state index >= 15 is 0 Å². The molecule has 68 valence electrons. The standard InChI is InChI=1S/C7H4BrNO4/c8-4-2-1-3(12-4)5-6(10)9-7(11)13-5/h1-2,5H,(H,9,10,11). The van der Waals surface area contributed by atoms with Gasteiger partial charge in [0.25, 0.3) is 5.91 Å². The van der Waals surface area contributed by atoms with Gasteiger partial charge in [0.1, 0.15) is 0 Å². The van der Waals surface area contributed by atoms with Crippen LogP contribution in [0.1, 0.15) is 11.9 Å². The van der Waals surface area contributed by atoms with Crippen molar-refractivity contribution in [2.45, 2.75) is 6.10 Å².